The van der Waals surface area contributed by atoms with Gasteiger partial charge in [0.15, 0.2) is 0 Å². The predicted octanol–water partition coefficient (Wildman–Crippen LogP) is 2.20. The summed E-state index contributed by atoms with van der Waals surface area (Å²) in [6, 6.07) is 0. The quantitative estimate of drug-likeness (QED) is 0.610. The molecule has 0 saturated carbocycles. The maximum Gasteiger partial charge on any atom is 0.0170 e. The van der Waals surface area contributed by atoms with Gasteiger partial charge in [0.1, 0.15) is 0 Å². The highest BCUT2D eigenvalue weighted by molar-refractivity contribution is 5.42. The van der Waals surface area contributed by atoms with E-state index in [2.05, 4.69) is 41.8 Å². The standard InChI is InChI=1S/C13H15N/c1-2-4-12-10(3-1)5-6-11-9-14-8-7-13(11)12/h1-6,12-14H,7-9H2. The van der Waals surface area contributed by atoms with Gasteiger partial charge >= 0.3 is 0 Å². The monoisotopic (exact) mass is 185 g/mol. The van der Waals surface area contributed by atoms with E-state index < -0.39 is 0 Å². The Balaban J connectivity index is 1.98. The van der Waals surface area contributed by atoms with Gasteiger partial charge in [-0.3, -0.25) is 0 Å². The number of hydrogen-bond acceptors (Lipinski definition) is 1. The van der Waals surface area contributed by atoms with Crippen LogP contribution in [-0.4, -0.2) is 13.1 Å². The molecule has 0 bridgehead atoms. The molecule has 14 heavy (non-hydrogen) atoms. The summed E-state index contributed by atoms with van der Waals surface area (Å²) in [5, 5.41) is 3.44. The molecule has 0 radical (unpaired) electrons. The number of hydrogen-bond donors (Lipinski definition) is 1. The van der Waals surface area contributed by atoms with E-state index in [0.717, 1.165) is 12.5 Å². The van der Waals surface area contributed by atoms with E-state index in [4.69, 9.17) is 0 Å². The van der Waals surface area contributed by atoms with E-state index >= 15 is 0 Å². The van der Waals surface area contributed by atoms with Crippen molar-refractivity contribution in [1.82, 2.24) is 5.32 Å². The molecule has 1 saturated heterocycles. The maximum absolute atomic E-state index is 3.44. The lowest BCUT2D eigenvalue weighted by Gasteiger charge is -2.35. The third kappa shape index (κ3) is 1.20. The van der Waals surface area contributed by atoms with Gasteiger partial charge in [-0.2, -0.15) is 0 Å². The Kier molecular flexibility index (Phi) is 1.91. The normalized spacial score (nSPS) is 34.3. The van der Waals surface area contributed by atoms with Crippen molar-refractivity contribution in [3.63, 3.8) is 0 Å². The molecule has 1 aliphatic heterocycles. The fraction of sp³-hybridized carbons (Fsp3) is 0.385. The first-order chi connectivity index (χ1) is 6.95. The van der Waals surface area contributed by atoms with Crippen LogP contribution in [-0.2, 0) is 0 Å². The Morgan fingerprint density at radius 3 is 3.21 bits per heavy atom. The first-order valence-corrected chi connectivity index (χ1v) is 5.41. The van der Waals surface area contributed by atoms with Crippen molar-refractivity contribution in [2.24, 2.45) is 11.8 Å². The number of rotatable bonds is 0. The molecule has 1 fully saturated rings. The SMILES string of the molecule is C1=CC2=CC=C3CNCCC3C2C=C1. The van der Waals surface area contributed by atoms with Crippen molar-refractivity contribution in [3.05, 3.63) is 47.6 Å². The Morgan fingerprint density at radius 2 is 2.21 bits per heavy atom. The molecule has 0 aromatic rings. The van der Waals surface area contributed by atoms with Gasteiger partial charge < -0.3 is 5.32 Å². The van der Waals surface area contributed by atoms with Gasteiger partial charge in [-0.15, -0.1) is 0 Å². The van der Waals surface area contributed by atoms with E-state index in [1.807, 2.05) is 0 Å². The van der Waals surface area contributed by atoms with Gasteiger partial charge in [-0.05, 0) is 24.5 Å². The van der Waals surface area contributed by atoms with E-state index in [-0.39, 0.29) is 0 Å². The van der Waals surface area contributed by atoms with Crippen LogP contribution in [0.1, 0.15) is 6.42 Å². The summed E-state index contributed by atoms with van der Waals surface area (Å²) in [5.41, 5.74) is 3.08. The summed E-state index contributed by atoms with van der Waals surface area (Å²) < 4.78 is 0. The Bertz CT molecular complexity index is 357. The van der Waals surface area contributed by atoms with Crippen LogP contribution < -0.4 is 5.32 Å². The molecule has 1 heterocycles. The molecule has 2 unspecified atom stereocenters. The van der Waals surface area contributed by atoms with Gasteiger partial charge in [-0.25, -0.2) is 0 Å². The predicted molar refractivity (Wildman–Crippen MR) is 58.9 cm³/mol. The first-order valence-electron chi connectivity index (χ1n) is 5.41. The zero-order valence-electron chi connectivity index (χ0n) is 8.24. The zero-order chi connectivity index (χ0) is 9.38. The number of piperidine rings is 1. The third-order valence-electron chi connectivity index (χ3n) is 3.46. The fourth-order valence-corrected chi connectivity index (χ4v) is 2.71. The van der Waals surface area contributed by atoms with E-state index in [1.165, 1.54) is 18.5 Å². The highest BCUT2D eigenvalue weighted by Crippen LogP contribution is 2.37. The van der Waals surface area contributed by atoms with E-state index in [1.54, 1.807) is 5.57 Å². The van der Waals surface area contributed by atoms with Crippen molar-refractivity contribution in [1.29, 1.82) is 0 Å². The molecule has 0 aromatic heterocycles. The molecule has 0 spiro atoms. The van der Waals surface area contributed by atoms with E-state index in [0.29, 0.717) is 5.92 Å². The lowest BCUT2D eigenvalue weighted by molar-refractivity contribution is 0.405. The Morgan fingerprint density at radius 1 is 1.21 bits per heavy atom. The van der Waals surface area contributed by atoms with Gasteiger partial charge in [0.05, 0.1) is 0 Å². The van der Waals surface area contributed by atoms with Crippen molar-refractivity contribution >= 4 is 0 Å². The molecule has 3 rings (SSSR count). The molecule has 2 aliphatic carbocycles. The summed E-state index contributed by atoms with van der Waals surface area (Å²) in [5.74, 6) is 1.42. The van der Waals surface area contributed by atoms with Crippen LogP contribution in [0.4, 0.5) is 0 Å². The molecule has 3 aliphatic rings. The summed E-state index contributed by atoms with van der Waals surface area (Å²) in [6.07, 6.45) is 14.8. The second-order valence-corrected chi connectivity index (χ2v) is 4.25. The summed E-state index contributed by atoms with van der Waals surface area (Å²) in [7, 11) is 0. The van der Waals surface area contributed by atoms with Crippen molar-refractivity contribution < 1.29 is 0 Å². The average Bonchev–Trinajstić information content (AvgIpc) is 2.29. The van der Waals surface area contributed by atoms with Crippen LogP contribution in [0.3, 0.4) is 0 Å². The largest absolute Gasteiger partial charge is 0.313 e. The highest BCUT2D eigenvalue weighted by Gasteiger charge is 2.29. The topological polar surface area (TPSA) is 12.0 Å². The summed E-state index contributed by atoms with van der Waals surface area (Å²) in [4.78, 5) is 0. The second-order valence-electron chi connectivity index (χ2n) is 4.25. The lowest BCUT2D eigenvalue weighted by Crippen LogP contribution is -2.35. The van der Waals surface area contributed by atoms with E-state index in [9.17, 15) is 0 Å². The molecular formula is C13H15N. The summed E-state index contributed by atoms with van der Waals surface area (Å²) in [6.45, 7) is 2.26. The second kappa shape index (κ2) is 3.25. The van der Waals surface area contributed by atoms with Crippen molar-refractivity contribution in [2.45, 2.75) is 6.42 Å². The van der Waals surface area contributed by atoms with Crippen LogP contribution in [0, 0.1) is 11.8 Å². The van der Waals surface area contributed by atoms with Crippen LogP contribution in [0.5, 0.6) is 0 Å². The van der Waals surface area contributed by atoms with Crippen molar-refractivity contribution in [3.8, 4) is 0 Å². The van der Waals surface area contributed by atoms with Gasteiger partial charge in [0.25, 0.3) is 0 Å². The van der Waals surface area contributed by atoms with Gasteiger partial charge in [-0.1, -0.05) is 42.0 Å². The van der Waals surface area contributed by atoms with Crippen LogP contribution in [0.2, 0.25) is 0 Å². The lowest BCUT2D eigenvalue weighted by atomic mass is 9.73. The molecule has 72 valence electrons. The van der Waals surface area contributed by atoms with Gasteiger partial charge in [0, 0.05) is 12.5 Å². The molecule has 1 heteroatoms. The minimum atomic E-state index is 0.655. The fourth-order valence-electron chi connectivity index (χ4n) is 2.71. The third-order valence-corrected chi connectivity index (χ3v) is 3.46. The molecule has 1 N–H and O–H groups in total. The number of nitrogens with one attached hydrogen (secondary N) is 1. The minimum Gasteiger partial charge on any atom is -0.313 e. The zero-order valence-corrected chi connectivity index (χ0v) is 8.24. The van der Waals surface area contributed by atoms with Gasteiger partial charge in [0.2, 0.25) is 0 Å². The smallest absolute Gasteiger partial charge is 0.0170 e. The molecule has 2 atom stereocenters. The molecule has 1 nitrogen and oxygen atoms in total. The van der Waals surface area contributed by atoms with Crippen molar-refractivity contribution in [2.75, 3.05) is 13.1 Å². The minimum absolute atomic E-state index is 0.655. The molecular weight excluding hydrogens is 170 g/mol. The Hall–Kier alpha value is -1.08. The maximum atomic E-state index is 3.44. The molecule has 0 amide bonds. The Labute approximate surface area is 84.9 Å². The number of fused-ring (bicyclic) bond motifs is 3. The number of allylic oxidation sites excluding steroid dienone is 7. The highest BCUT2D eigenvalue weighted by atomic mass is 14.9. The average molecular weight is 185 g/mol. The van der Waals surface area contributed by atoms with Crippen LogP contribution >= 0.6 is 0 Å². The summed E-state index contributed by atoms with van der Waals surface area (Å²) >= 11 is 0. The van der Waals surface area contributed by atoms with Crippen LogP contribution in [0.25, 0.3) is 0 Å². The van der Waals surface area contributed by atoms with Crippen LogP contribution in [0.15, 0.2) is 47.6 Å². The molecule has 0 aromatic carbocycles. The first kappa shape index (κ1) is 8.25.